The van der Waals surface area contributed by atoms with Crippen LogP contribution < -0.4 is 20.7 Å². The highest BCUT2D eigenvalue weighted by atomic mass is 32.2. The molecule has 6 rings (SSSR count). The number of halogens is 2. The monoisotopic (exact) mass is 742 g/mol. The van der Waals surface area contributed by atoms with Gasteiger partial charge >= 0.3 is 6.03 Å². The van der Waals surface area contributed by atoms with E-state index in [-0.39, 0.29) is 13.0 Å². The molecule has 52 heavy (non-hydrogen) atoms. The Kier molecular flexibility index (Phi) is 9.83. The van der Waals surface area contributed by atoms with Crippen LogP contribution in [0.3, 0.4) is 0 Å². The zero-order valence-electron chi connectivity index (χ0n) is 29.6. The van der Waals surface area contributed by atoms with Gasteiger partial charge in [-0.15, -0.1) is 0 Å². The van der Waals surface area contributed by atoms with Crippen LogP contribution in [-0.4, -0.2) is 90.3 Å². The van der Waals surface area contributed by atoms with Crippen LogP contribution in [0.25, 0.3) is 11.1 Å². The van der Waals surface area contributed by atoms with Gasteiger partial charge in [0.2, 0.25) is 28.3 Å². The van der Waals surface area contributed by atoms with Crippen LogP contribution >= 0.6 is 0 Å². The van der Waals surface area contributed by atoms with Crippen molar-refractivity contribution in [3.05, 3.63) is 59.7 Å². The van der Waals surface area contributed by atoms with Gasteiger partial charge in [0.05, 0.1) is 17.7 Å². The standard InChI is InChI=1S/C36H44F2N6O7S/c1-19(2)28(39-34(48)41-35(3,4)5)32(46)44-18-20(51-42-29-24-12-8-6-10-22(24)23-11-7-9-13-25(23)29)16-27(44)31(45)40-36(17-26(36)30(37)38)33(47)43-52(49,50)21-14-15-21/h6-13,19-21,26-28,30H,14-18H2,1-5H3,(H,40,45)(H,43,47)(H2,39,41,48)/t20-,26+,27+,28+,36+/m1/s1. The lowest BCUT2D eigenvalue weighted by molar-refractivity contribution is -0.142. The van der Waals surface area contributed by atoms with E-state index in [1.807, 2.05) is 53.3 Å². The Bertz CT molecular complexity index is 1860. The number of carbonyl (C=O) groups excluding carboxylic acids is 4. The first-order valence-corrected chi connectivity index (χ1v) is 18.9. The summed E-state index contributed by atoms with van der Waals surface area (Å²) < 4.78 is 55.1. The number of benzene rings is 2. The van der Waals surface area contributed by atoms with Crippen molar-refractivity contribution in [2.45, 2.75) is 101 Å². The highest BCUT2D eigenvalue weighted by Gasteiger charge is 2.66. The molecule has 0 unspecified atom stereocenters. The van der Waals surface area contributed by atoms with E-state index in [0.29, 0.717) is 18.6 Å². The van der Waals surface area contributed by atoms with E-state index in [1.165, 1.54) is 4.90 Å². The average Bonchev–Trinajstić information content (AvgIpc) is 3.98. The number of rotatable bonds is 11. The number of hydrogen-bond acceptors (Lipinski definition) is 8. The van der Waals surface area contributed by atoms with Gasteiger partial charge in [-0.3, -0.25) is 19.1 Å². The summed E-state index contributed by atoms with van der Waals surface area (Å²) in [6.07, 6.45) is -3.83. The Labute approximate surface area is 301 Å². The maximum Gasteiger partial charge on any atom is 0.315 e. The predicted octanol–water partition coefficient (Wildman–Crippen LogP) is 3.28. The summed E-state index contributed by atoms with van der Waals surface area (Å²) in [6.45, 7) is 8.61. The molecule has 4 N–H and O–H groups in total. The molecule has 0 spiro atoms. The van der Waals surface area contributed by atoms with Crippen LogP contribution in [0.5, 0.6) is 0 Å². The fraction of sp³-hybridized carbons (Fsp3) is 0.528. The number of amides is 5. The highest BCUT2D eigenvalue weighted by Crippen LogP contribution is 2.48. The van der Waals surface area contributed by atoms with Gasteiger partial charge in [0.15, 0.2) is 0 Å². The Morgan fingerprint density at radius 2 is 1.54 bits per heavy atom. The number of sulfonamides is 1. The summed E-state index contributed by atoms with van der Waals surface area (Å²) in [7, 11) is -4.11. The van der Waals surface area contributed by atoms with Crippen molar-refractivity contribution >= 4 is 39.5 Å². The van der Waals surface area contributed by atoms with E-state index in [1.54, 1.807) is 34.6 Å². The summed E-state index contributed by atoms with van der Waals surface area (Å²) in [6, 6.07) is 12.3. The number of nitrogens with zero attached hydrogens (tertiary/aromatic N) is 2. The van der Waals surface area contributed by atoms with Gasteiger partial charge < -0.3 is 25.7 Å². The van der Waals surface area contributed by atoms with E-state index < -0.39 is 93.0 Å². The third-order valence-electron chi connectivity index (χ3n) is 9.77. The van der Waals surface area contributed by atoms with E-state index in [2.05, 4.69) is 21.1 Å². The molecule has 2 aromatic rings. The molecule has 280 valence electrons. The number of carbonyl (C=O) groups is 4. The van der Waals surface area contributed by atoms with E-state index >= 15 is 0 Å². The topological polar surface area (TPSA) is 175 Å². The van der Waals surface area contributed by atoms with E-state index in [4.69, 9.17) is 4.84 Å². The SMILES string of the molecule is CC(C)[C@H](NC(=O)NC(C)(C)C)C(=O)N1C[C@H](ON=C2c3ccccc3-c3ccccc32)C[C@H]1C(=O)N[C@@]1(C(=O)NS(=O)(=O)C2CC2)C[C@H]1C(F)F. The molecule has 13 nitrogen and oxygen atoms in total. The number of fused-ring (bicyclic) bond motifs is 3. The van der Waals surface area contributed by atoms with Crippen LogP contribution in [0.1, 0.15) is 71.4 Å². The number of nitrogens with one attached hydrogen (secondary N) is 4. The Morgan fingerprint density at radius 3 is 2.04 bits per heavy atom. The quantitative estimate of drug-likeness (QED) is 0.218. The number of likely N-dealkylation sites (tertiary alicyclic amines) is 1. The van der Waals surface area contributed by atoms with Crippen molar-refractivity contribution in [3.8, 4) is 11.1 Å². The second-order valence-electron chi connectivity index (χ2n) is 15.4. The van der Waals surface area contributed by atoms with Crippen molar-refractivity contribution in [2.24, 2.45) is 17.0 Å². The molecular formula is C36H44F2N6O7S. The van der Waals surface area contributed by atoms with Crippen LogP contribution in [0.4, 0.5) is 13.6 Å². The molecule has 4 aliphatic rings. The second kappa shape index (κ2) is 13.7. The first-order valence-electron chi connectivity index (χ1n) is 17.4. The molecule has 2 aromatic carbocycles. The van der Waals surface area contributed by atoms with Crippen molar-refractivity contribution in [1.29, 1.82) is 0 Å². The molecule has 1 saturated heterocycles. The average molecular weight is 743 g/mol. The second-order valence-corrected chi connectivity index (χ2v) is 17.3. The number of hydrogen-bond donors (Lipinski definition) is 4. The number of oxime groups is 1. The molecule has 1 heterocycles. The first kappa shape index (κ1) is 37.2. The normalized spacial score (nSPS) is 24.1. The molecule has 5 amide bonds. The lowest BCUT2D eigenvalue weighted by Gasteiger charge is -2.32. The zero-order chi connectivity index (χ0) is 37.7. The van der Waals surface area contributed by atoms with Crippen LogP contribution in [0.15, 0.2) is 53.7 Å². The summed E-state index contributed by atoms with van der Waals surface area (Å²) in [4.78, 5) is 61.7. The Morgan fingerprint density at radius 1 is 0.962 bits per heavy atom. The fourth-order valence-electron chi connectivity index (χ4n) is 6.83. The van der Waals surface area contributed by atoms with Crippen molar-refractivity contribution in [1.82, 2.24) is 25.6 Å². The maximum absolute atomic E-state index is 14.2. The van der Waals surface area contributed by atoms with E-state index in [0.717, 1.165) is 22.3 Å². The van der Waals surface area contributed by atoms with E-state index in [9.17, 15) is 36.4 Å². The summed E-state index contributed by atoms with van der Waals surface area (Å²) in [5.41, 5.74) is 1.34. The molecular weight excluding hydrogens is 698 g/mol. The van der Waals surface area contributed by atoms with Gasteiger partial charge in [0.25, 0.3) is 5.91 Å². The minimum absolute atomic E-state index is 0.131. The van der Waals surface area contributed by atoms with Gasteiger partial charge in [-0.05, 0) is 57.1 Å². The smallest absolute Gasteiger partial charge is 0.315 e. The van der Waals surface area contributed by atoms with Crippen LogP contribution in [-0.2, 0) is 29.2 Å². The summed E-state index contributed by atoms with van der Waals surface area (Å²) >= 11 is 0. The third-order valence-corrected chi connectivity index (χ3v) is 11.6. The molecule has 3 aliphatic carbocycles. The number of alkyl halides is 2. The van der Waals surface area contributed by atoms with Crippen molar-refractivity contribution in [3.63, 3.8) is 0 Å². The highest BCUT2D eigenvalue weighted by molar-refractivity contribution is 7.91. The molecule has 1 aliphatic heterocycles. The van der Waals surface area contributed by atoms with Gasteiger partial charge in [-0.1, -0.05) is 67.5 Å². The summed E-state index contributed by atoms with van der Waals surface area (Å²) in [5, 5.41) is 11.6. The molecule has 2 saturated carbocycles. The lowest BCUT2D eigenvalue weighted by Crippen LogP contribution is -2.60. The minimum Gasteiger partial charge on any atom is -0.390 e. The molecule has 16 heteroatoms. The molecule has 5 atom stereocenters. The molecule has 0 bridgehead atoms. The zero-order valence-corrected chi connectivity index (χ0v) is 30.4. The molecule has 3 fully saturated rings. The van der Waals surface area contributed by atoms with Gasteiger partial charge in [-0.25, -0.2) is 22.0 Å². The van der Waals surface area contributed by atoms with Gasteiger partial charge in [0, 0.05) is 23.1 Å². The van der Waals surface area contributed by atoms with Crippen LogP contribution in [0, 0.1) is 11.8 Å². The first-order chi connectivity index (χ1) is 24.4. The predicted molar refractivity (Wildman–Crippen MR) is 188 cm³/mol. The Hall–Kier alpha value is -4.60. The van der Waals surface area contributed by atoms with Crippen molar-refractivity contribution in [2.75, 3.05) is 6.54 Å². The van der Waals surface area contributed by atoms with Gasteiger partial charge in [-0.2, -0.15) is 0 Å². The third kappa shape index (κ3) is 7.48. The molecule has 0 aromatic heterocycles. The fourth-order valence-corrected chi connectivity index (χ4v) is 8.20. The Balaban J connectivity index is 1.28. The molecule has 0 radical (unpaired) electrons. The van der Waals surface area contributed by atoms with Crippen molar-refractivity contribution < 1.29 is 41.2 Å². The van der Waals surface area contributed by atoms with Gasteiger partial charge in [0.1, 0.15) is 29.4 Å². The maximum atomic E-state index is 14.2. The lowest BCUT2D eigenvalue weighted by atomic mass is 10.0. The van der Waals surface area contributed by atoms with Crippen LogP contribution in [0.2, 0.25) is 0 Å². The summed E-state index contributed by atoms with van der Waals surface area (Å²) in [5.74, 6) is -4.89. The number of urea groups is 1. The largest absolute Gasteiger partial charge is 0.390 e. The minimum atomic E-state index is -4.11.